The second-order valence-corrected chi connectivity index (χ2v) is 5.40. The minimum absolute atomic E-state index is 0.161. The predicted octanol–water partition coefficient (Wildman–Crippen LogP) is 4.72. The van der Waals surface area contributed by atoms with Crippen molar-refractivity contribution >= 4 is 33.0 Å². The van der Waals surface area contributed by atoms with Crippen molar-refractivity contribution in [1.29, 1.82) is 0 Å². The van der Waals surface area contributed by atoms with Gasteiger partial charge in [0.05, 0.1) is 0 Å². The molecule has 0 atom stereocenters. The van der Waals surface area contributed by atoms with E-state index < -0.39 is 6.61 Å². The average molecular weight is 334 g/mol. The van der Waals surface area contributed by atoms with E-state index in [2.05, 4.69) is 26.0 Å². The topological polar surface area (TPSA) is 21.3 Å². The minimum atomic E-state index is -2.78. The molecule has 0 amide bonds. The Morgan fingerprint density at radius 3 is 2.56 bits per heavy atom. The second kappa shape index (κ2) is 6.15. The zero-order chi connectivity index (χ0) is 13.0. The van der Waals surface area contributed by atoms with Gasteiger partial charge in [0.2, 0.25) is 0 Å². The summed E-state index contributed by atoms with van der Waals surface area (Å²) in [6.45, 7) is -2.09. The Balaban J connectivity index is 1.90. The lowest BCUT2D eigenvalue weighted by Crippen LogP contribution is -2.02. The first kappa shape index (κ1) is 13.3. The fourth-order valence-corrected chi connectivity index (χ4v) is 2.78. The molecule has 96 valence electrons. The molecule has 6 heteroatoms. The van der Waals surface area contributed by atoms with Crippen LogP contribution >= 0.6 is 27.3 Å². The van der Waals surface area contributed by atoms with Gasteiger partial charge in [-0.2, -0.15) is 8.78 Å². The molecule has 0 saturated carbocycles. The van der Waals surface area contributed by atoms with Crippen molar-refractivity contribution < 1.29 is 13.5 Å². The van der Waals surface area contributed by atoms with Gasteiger partial charge in [-0.25, -0.2) is 0 Å². The Labute approximate surface area is 116 Å². The molecule has 2 nitrogen and oxygen atoms in total. The van der Waals surface area contributed by atoms with E-state index >= 15 is 0 Å². The second-order valence-electron chi connectivity index (χ2n) is 3.49. The largest absolute Gasteiger partial charge is 0.435 e. The SMILES string of the molecule is FC(F)Oc1ccc(NCc2cc(Br)cs2)cc1. The Morgan fingerprint density at radius 1 is 1.28 bits per heavy atom. The molecule has 2 rings (SSSR count). The van der Waals surface area contributed by atoms with Gasteiger partial charge in [-0.3, -0.25) is 0 Å². The minimum Gasteiger partial charge on any atom is -0.435 e. The van der Waals surface area contributed by atoms with Crippen LogP contribution in [0.2, 0.25) is 0 Å². The maximum Gasteiger partial charge on any atom is 0.387 e. The third-order valence-electron chi connectivity index (χ3n) is 2.17. The third kappa shape index (κ3) is 3.96. The summed E-state index contributed by atoms with van der Waals surface area (Å²) in [5.41, 5.74) is 0.862. The molecule has 0 bridgehead atoms. The molecule has 1 heterocycles. The Morgan fingerprint density at radius 2 is 2.00 bits per heavy atom. The van der Waals surface area contributed by atoms with Gasteiger partial charge in [-0.05, 0) is 46.3 Å². The van der Waals surface area contributed by atoms with Crippen LogP contribution in [0.1, 0.15) is 4.88 Å². The van der Waals surface area contributed by atoms with Crippen LogP contribution < -0.4 is 10.1 Å². The van der Waals surface area contributed by atoms with Crippen LogP contribution in [0.25, 0.3) is 0 Å². The number of nitrogens with one attached hydrogen (secondary N) is 1. The van der Waals surface area contributed by atoms with E-state index in [1.54, 1.807) is 23.5 Å². The molecule has 0 radical (unpaired) electrons. The number of rotatable bonds is 5. The molecule has 0 aliphatic heterocycles. The number of anilines is 1. The number of benzene rings is 1. The average Bonchev–Trinajstić information content (AvgIpc) is 2.74. The zero-order valence-electron chi connectivity index (χ0n) is 9.20. The van der Waals surface area contributed by atoms with Gasteiger partial charge in [0.1, 0.15) is 5.75 Å². The maximum absolute atomic E-state index is 12.0. The van der Waals surface area contributed by atoms with Gasteiger partial charge in [-0.15, -0.1) is 11.3 Å². The van der Waals surface area contributed by atoms with Gasteiger partial charge >= 0.3 is 6.61 Å². The zero-order valence-corrected chi connectivity index (χ0v) is 11.6. The third-order valence-corrected chi connectivity index (χ3v) is 3.87. The smallest absolute Gasteiger partial charge is 0.387 e. The van der Waals surface area contributed by atoms with Crippen LogP contribution in [-0.2, 0) is 6.54 Å². The van der Waals surface area contributed by atoms with Crippen LogP contribution in [0.4, 0.5) is 14.5 Å². The molecule has 1 aromatic heterocycles. The predicted molar refractivity (Wildman–Crippen MR) is 72.4 cm³/mol. The van der Waals surface area contributed by atoms with Crippen molar-refractivity contribution in [2.75, 3.05) is 5.32 Å². The molecule has 0 spiro atoms. The highest BCUT2D eigenvalue weighted by molar-refractivity contribution is 9.10. The molecule has 0 fully saturated rings. The van der Waals surface area contributed by atoms with E-state index in [0.29, 0.717) is 6.54 Å². The molecule has 18 heavy (non-hydrogen) atoms. The van der Waals surface area contributed by atoms with Crippen molar-refractivity contribution in [2.24, 2.45) is 0 Å². The standard InChI is InChI=1S/C12H10BrF2NOS/c13-8-5-11(18-7-8)6-16-9-1-3-10(4-2-9)17-12(14)15/h1-5,7,12,16H,6H2. The van der Waals surface area contributed by atoms with Gasteiger partial charge in [0.25, 0.3) is 0 Å². The van der Waals surface area contributed by atoms with Crippen LogP contribution in [0.3, 0.4) is 0 Å². The van der Waals surface area contributed by atoms with Crippen molar-refractivity contribution in [1.82, 2.24) is 0 Å². The molecule has 2 aromatic rings. The molecule has 0 aliphatic rings. The number of alkyl halides is 2. The molecule has 1 N–H and O–H groups in total. The number of thiophene rings is 1. The summed E-state index contributed by atoms with van der Waals surface area (Å²) in [5.74, 6) is 0.161. The molecule has 0 aliphatic carbocycles. The van der Waals surface area contributed by atoms with Gasteiger partial charge in [0, 0.05) is 27.0 Å². The summed E-state index contributed by atoms with van der Waals surface area (Å²) < 4.78 is 29.2. The Kier molecular flexibility index (Phi) is 4.54. The van der Waals surface area contributed by atoms with E-state index in [4.69, 9.17) is 0 Å². The van der Waals surface area contributed by atoms with Crippen LogP contribution in [0.5, 0.6) is 5.75 Å². The highest BCUT2D eigenvalue weighted by Gasteiger charge is 2.03. The lowest BCUT2D eigenvalue weighted by atomic mass is 10.3. The van der Waals surface area contributed by atoms with Crippen LogP contribution in [0.15, 0.2) is 40.2 Å². The summed E-state index contributed by atoms with van der Waals surface area (Å²) in [7, 11) is 0. The fraction of sp³-hybridized carbons (Fsp3) is 0.167. The first-order valence-electron chi connectivity index (χ1n) is 5.15. The van der Waals surface area contributed by atoms with E-state index in [0.717, 1.165) is 10.2 Å². The molecule has 0 unspecified atom stereocenters. The summed E-state index contributed by atoms with van der Waals surface area (Å²) in [6, 6.07) is 8.48. The number of hydrogen-bond acceptors (Lipinski definition) is 3. The lowest BCUT2D eigenvalue weighted by Gasteiger charge is -2.07. The monoisotopic (exact) mass is 333 g/mol. The summed E-state index contributed by atoms with van der Waals surface area (Å²) in [4.78, 5) is 1.19. The first-order valence-corrected chi connectivity index (χ1v) is 6.82. The fourth-order valence-electron chi connectivity index (χ4n) is 1.39. The van der Waals surface area contributed by atoms with Gasteiger partial charge < -0.3 is 10.1 Å². The maximum atomic E-state index is 12.0. The Hall–Kier alpha value is -1.14. The number of halogens is 3. The summed E-state index contributed by atoms with van der Waals surface area (Å²) in [5, 5.41) is 5.21. The molecule has 0 saturated heterocycles. The lowest BCUT2D eigenvalue weighted by molar-refractivity contribution is -0.0498. The van der Waals surface area contributed by atoms with Crippen LogP contribution in [0, 0.1) is 0 Å². The van der Waals surface area contributed by atoms with E-state index in [1.165, 1.54) is 17.0 Å². The summed E-state index contributed by atoms with van der Waals surface area (Å²) >= 11 is 5.03. The molecular weight excluding hydrogens is 324 g/mol. The van der Waals surface area contributed by atoms with Crippen molar-refractivity contribution in [3.05, 3.63) is 45.1 Å². The quantitative estimate of drug-likeness (QED) is 0.854. The van der Waals surface area contributed by atoms with Gasteiger partial charge in [0.15, 0.2) is 0 Å². The van der Waals surface area contributed by atoms with Gasteiger partial charge in [-0.1, -0.05) is 0 Å². The van der Waals surface area contributed by atoms with E-state index in [1.807, 2.05) is 11.4 Å². The van der Waals surface area contributed by atoms with Crippen molar-refractivity contribution in [3.8, 4) is 5.75 Å². The number of hydrogen-bond donors (Lipinski definition) is 1. The normalized spacial score (nSPS) is 10.7. The number of ether oxygens (including phenoxy) is 1. The first-order chi connectivity index (χ1) is 8.63. The summed E-state index contributed by atoms with van der Waals surface area (Å²) in [6.07, 6.45) is 0. The molecule has 1 aromatic carbocycles. The highest BCUT2D eigenvalue weighted by atomic mass is 79.9. The molecular formula is C12H10BrF2NOS. The highest BCUT2D eigenvalue weighted by Crippen LogP contribution is 2.22. The van der Waals surface area contributed by atoms with E-state index in [9.17, 15) is 8.78 Å². The van der Waals surface area contributed by atoms with E-state index in [-0.39, 0.29) is 5.75 Å². The van der Waals surface area contributed by atoms with Crippen molar-refractivity contribution in [3.63, 3.8) is 0 Å². The Bertz CT molecular complexity index is 501. The van der Waals surface area contributed by atoms with Crippen LogP contribution in [-0.4, -0.2) is 6.61 Å². The van der Waals surface area contributed by atoms with Crippen molar-refractivity contribution in [2.45, 2.75) is 13.2 Å².